The first kappa shape index (κ1) is 26.7. The quantitative estimate of drug-likeness (QED) is 0.464. The molecule has 0 spiro atoms. The van der Waals surface area contributed by atoms with Crippen LogP contribution < -0.4 is 5.32 Å². The van der Waals surface area contributed by atoms with Gasteiger partial charge in [0.25, 0.3) is 0 Å². The number of amides is 1. The summed E-state index contributed by atoms with van der Waals surface area (Å²) in [6.45, 7) is 17.3. The molecule has 3 unspecified atom stereocenters. The largest absolute Gasteiger partial charge is 0.387 e. The summed E-state index contributed by atoms with van der Waals surface area (Å²) < 4.78 is 0. The second-order valence-electron chi connectivity index (χ2n) is 15.3. The highest BCUT2D eigenvalue weighted by Gasteiger charge is 2.69. The fourth-order valence-electron chi connectivity index (χ4n) is 10.4. The molecule has 0 aromatic carbocycles. The number of aliphatic hydroxyl groups excluding tert-OH is 1. The smallest absolute Gasteiger partial charge is 0.217 e. The Morgan fingerprint density at radius 3 is 2.32 bits per heavy atom. The minimum absolute atomic E-state index is 0.00388. The number of nitrogens with one attached hydrogen (secondary N) is 1. The van der Waals surface area contributed by atoms with E-state index in [1.54, 1.807) is 6.92 Å². The number of carbonyl (C=O) groups is 2. The average Bonchev–Trinajstić information content (AvgIpc) is 2.78. The van der Waals surface area contributed by atoms with Crippen LogP contribution >= 0.6 is 0 Å². The molecule has 1 amide bonds. The van der Waals surface area contributed by atoms with Crippen LogP contribution in [0.15, 0.2) is 23.3 Å². The van der Waals surface area contributed by atoms with Crippen molar-refractivity contribution >= 4 is 11.7 Å². The fraction of sp³-hybridized carbons (Fsp3) is 0.781. The van der Waals surface area contributed by atoms with Crippen molar-refractivity contribution in [2.45, 2.75) is 112 Å². The third kappa shape index (κ3) is 3.36. The van der Waals surface area contributed by atoms with Crippen molar-refractivity contribution in [3.05, 3.63) is 23.3 Å². The maximum atomic E-state index is 14.4. The van der Waals surface area contributed by atoms with Gasteiger partial charge in [-0.25, -0.2) is 0 Å². The van der Waals surface area contributed by atoms with Crippen molar-refractivity contribution in [2.75, 3.05) is 0 Å². The number of hydrogen-bond donors (Lipinski definition) is 2. The molecule has 8 atom stereocenters. The summed E-state index contributed by atoms with van der Waals surface area (Å²) in [4.78, 5) is 26.8. The number of aliphatic hydroxyl groups is 1. The molecule has 0 aromatic heterocycles. The Labute approximate surface area is 223 Å². The van der Waals surface area contributed by atoms with Gasteiger partial charge in [0.2, 0.25) is 5.91 Å². The number of nitriles is 1. The lowest BCUT2D eigenvalue weighted by molar-refractivity contribution is -0.164. The molecule has 0 radical (unpaired) electrons. The molecule has 0 heterocycles. The lowest BCUT2D eigenvalue weighted by Crippen LogP contribution is -2.69. The summed E-state index contributed by atoms with van der Waals surface area (Å²) in [7, 11) is 0. The van der Waals surface area contributed by atoms with E-state index in [4.69, 9.17) is 0 Å². The van der Waals surface area contributed by atoms with E-state index in [1.165, 1.54) is 0 Å². The second-order valence-corrected chi connectivity index (χ2v) is 15.3. The predicted molar refractivity (Wildman–Crippen MR) is 144 cm³/mol. The van der Waals surface area contributed by atoms with Crippen molar-refractivity contribution < 1.29 is 14.7 Å². The van der Waals surface area contributed by atoms with Gasteiger partial charge in [-0.3, -0.25) is 9.59 Å². The zero-order chi connectivity index (χ0) is 27.4. The summed E-state index contributed by atoms with van der Waals surface area (Å²) in [5.41, 5.74) is 0.0632. The molecule has 0 bridgehead atoms. The Balaban J connectivity index is 1.68. The zero-order valence-electron chi connectivity index (χ0n) is 24.1. The van der Waals surface area contributed by atoms with Crippen LogP contribution in [0.25, 0.3) is 0 Å². The Bertz CT molecular complexity index is 1160. The van der Waals surface area contributed by atoms with E-state index in [0.29, 0.717) is 5.57 Å². The molecule has 2 N–H and O–H groups in total. The van der Waals surface area contributed by atoms with Crippen molar-refractivity contribution in [1.29, 1.82) is 5.26 Å². The molecule has 5 nitrogen and oxygen atoms in total. The highest BCUT2D eigenvalue weighted by atomic mass is 16.3. The van der Waals surface area contributed by atoms with Crippen LogP contribution in [-0.4, -0.2) is 28.4 Å². The predicted octanol–water partition coefficient (Wildman–Crippen LogP) is 5.89. The van der Waals surface area contributed by atoms with Gasteiger partial charge in [-0.2, -0.15) is 5.26 Å². The minimum atomic E-state index is -0.791. The first-order valence-corrected chi connectivity index (χ1v) is 14.3. The van der Waals surface area contributed by atoms with Crippen LogP contribution in [0.3, 0.4) is 0 Å². The van der Waals surface area contributed by atoms with Gasteiger partial charge >= 0.3 is 0 Å². The molecule has 202 valence electrons. The molecule has 0 aromatic rings. The van der Waals surface area contributed by atoms with Gasteiger partial charge in [-0.05, 0) is 84.5 Å². The summed E-state index contributed by atoms with van der Waals surface area (Å²) in [6.07, 6.45) is 9.82. The molecule has 37 heavy (non-hydrogen) atoms. The number of carbonyl (C=O) groups excluding carboxylic acids is 2. The van der Waals surface area contributed by atoms with Crippen molar-refractivity contribution in [3.63, 3.8) is 0 Å². The van der Waals surface area contributed by atoms with Crippen LogP contribution in [-0.2, 0) is 9.59 Å². The molecule has 5 rings (SSSR count). The van der Waals surface area contributed by atoms with Crippen LogP contribution in [0, 0.1) is 56.2 Å². The van der Waals surface area contributed by atoms with Gasteiger partial charge in [0, 0.05) is 23.8 Å². The summed E-state index contributed by atoms with van der Waals surface area (Å²) in [6, 6.07) is 2.28. The zero-order valence-corrected chi connectivity index (χ0v) is 24.1. The number of nitrogens with zero attached hydrogens (tertiary/aromatic N) is 1. The number of ketones is 1. The first-order chi connectivity index (χ1) is 17.0. The molecule has 0 aliphatic heterocycles. The Hall–Kier alpha value is -1.93. The Morgan fingerprint density at radius 2 is 1.70 bits per heavy atom. The van der Waals surface area contributed by atoms with Crippen LogP contribution in [0.2, 0.25) is 0 Å². The summed E-state index contributed by atoms with van der Waals surface area (Å²) in [5.74, 6) is 0.327. The molecule has 5 heteroatoms. The minimum Gasteiger partial charge on any atom is -0.387 e. The maximum Gasteiger partial charge on any atom is 0.217 e. The van der Waals surface area contributed by atoms with Gasteiger partial charge in [-0.15, -0.1) is 0 Å². The van der Waals surface area contributed by atoms with E-state index >= 15 is 0 Å². The third-order valence-corrected chi connectivity index (χ3v) is 12.5. The number of hydrogen-bond acceptors (Lipinski definition) is 4. The summed E-state index contributed by atoms with van der Waals surface area (Å²) >= 11 is 0. The molecule has 0 saturated heterocycles. The average molecular weight is 507 g/mol. The molecule has 5 aliphatic carbocycles. The fourth-order valence-corrected chi connectivity index (χ4v) is 10.4. The molecule has 3 fully saturated rings. The molecule has 3 saturated carbocycles. The maximum absolute atomic E-state index is 14.4. The number of rotatable bonds is 1. The molecule has 5 aliphatic rings. The third-order valence-electron chi connectivity index (χ3n) is 12.5. The van der Waals surface area contributed by atoms with Gasteiger partial charge in [-0.1, -0.05) is 60.1 Å². The van der Waals surface area contributed by atoms with Crippen molar-refractivity contribution in [1.82, 2.24) is 5.32 Å². The molecular weight excluding hydrogens is 460 g/mol. The van der Waals surface area contributed by atoms with E-state index in [2.05, 4.69) is 59.9 Å². The van der Waals surface area contributed by atoms with Gasteiger partial charge < -0.3 is 10.4 Å². The first-order valence-electron chi connectivity index (χ1n) is 14.3. The van der Waals surface area contributed by atoms with Crippen LogP contribution in [0.5, 0.6) is 0 Å². The standard InChI is InChI=1S/C32H46N2O3/c1-19(35)34-32-13-11-27(2,3)17-21(32)25-22(36)15-24-29(6)16-20(18-33)26(37)28(4,5)23(29)9-10-30(24,7)31(25,8)12-14-32/h15-16,21,23,25-26,37H,9-14,17H2,1-8H3,(H,34,35)/t21?,23-,25?,26?,29-,30+,31+,32-/m0/s1. The van der Waals surface area contributed by atoms with Gasteiger partial charge in [0.15, 0.2) is 5.78 Å². The highest BCUT2D eigenvalue weighted by molar-refractivity contribution is 5.96. The van der Waals surface area contributed by atoms with E-state index in [1.807, 2.05) is 12.2 Å². The Kier molecular flexibility index (Phi) is 5.63. The topological polar surface area (TPSA) is 90.2 Å². The Morgan fingerprint density at radius 1 is 1.05 bits per heavy atom. The van der Waals surface area contributed by atoms with E-state index in [9.17, 15) is 20.0 Å². The van der Waals surface area contributed by atoms with Crippen LogP contribution in [0.4, 0.5) is 0 Å². The summed E-state index contributed by atoms with van der Waals surface area (Å²) in [5, 5.41) is 24.4. The van der Waals surface area contributed by atoms with E-state index in [0.717, 1.165) is 50.5 Å². The monoisotopic (exact) mass is 506 g/mol. The number of allylic oxidation sites excluding steroid dienone is 3. The SMILES string of the molecule is CC(=O)N[C@]12CCC(C)(C)CC1C1C(=O)C=C3[C@@]4(C)C=C(C#N)C(O)C(C)(C)[C@@H]4CC[C@@]3(C)[C@]1(C)CC2. The van der Waals surface area contributed by atoms with Gasteiger partial charge in [0.1, 0.15) is 0 Å². The van der Waals surface area contributed by atoms with Crippen LogP contribution in [0.1, 0.15) is 100 Å². The van der Waals surface area contributed by atoms with E-state index < -0.39 is 16.9 Å². The molecular formula is C32H46N2O3. The number of fused-ring (bicyclic) bond motifs is 7. The van der Waals surface area contributed by atoms with Gasteiger partial charge in [0.05, 0.1) is 17.7 Å². The lowest BCUT2D eigenvalue weighted by Gasteiger charge is -2.69. The highest BCUT2D eigenvalue weighted by Crippen LogP contribution is 2.73. The normalized spacial score (nSPS) is 47.6. The second kappa shape index (κ2) is 7.81. The van der Waals surface area contributed by atoms with E-state index in [-0.39, 0.29) is 51.2 Å². The lowest BCUT2D eigenvalue weighted by atomic mass is 9.35. The van der Waals surface area contributed by atoms with Crippen molar-refractivity contribution in [2.24, 2.45) is 44.8 Å². The van der Waals surface area contributed by atoms with Crippen molar-refractivity contribution in [3.8, 4) is 6.07 Å².